The highest BCUT2D eigenvalue weighted by Gasteiger charge is 2.42. The van der Waals surface area contributed by atoms with Crippen molar-refractivity contribution in [2.24, 2.45) is 18.9 Å². The third-order valence-corrected chi connectivity index (χ3v) is 8.37. The van der Waals surface area contributed by atoms with Crippen molar-refractivity contribution in [3.8, 4) is 11.5 Å². The molecule has 3 fully saturated rings. The second-order valence-corrected chi connectivity index (χ2v) is 10.7. The lowest BCUT2D eigenvalue weighted by molar-refractivity contribution is 0.0570. The molecule has 2 aliphatic heterocycles. The van der Waals surface area contributed by atoms with Crippen molar-refractivity contribution in [2.45, 2.75) is 38.3 Å². The summed E-state index contributed by atoms with van der Waals surface area (Å²) < 4.78 is 4.25. The SMILES string of the molecule is Cn1c(-c2cc3cccnc3n2CC2CC2)nc2cc(C(=O)N3CC[C@H]4CCN(C(=O)O)[C@H]4C3)cnc21. The standard InChI is InChI=1S/C27H29N7O3/c1-31-24-20(30-25(31)21-12-18-3-2-8-28-23(18)34(21)14-16-4-5-16)11-19(13-29-24)26(35)32-9-6-17-7-10-33(27(36)37)22(17)15-32/h2-3,8,11-13,16-17,22H,4-7,9-10,14-15H2,1H3,(H,36,37)/t17-,22-/m0/s1. The normalized spacial score (nSPS) is 21.6. The maximum absolute atomic E-state index is 13.4. The van der Waals surface area contributed by atoms with Gasteiger partial charge < -0.3 is 24.0 Å². The van der Waals surface area contributed by atoms with E-state index in [1.165, 1.54) is 17.7 Å². The molecule has 0 spiro atoms. The number of hydrogen-bond acceptors (Lipinski definition) is 5. The average Bonchev–Trinajstić information content (AvgIpc) is 3.37. The van der Waals surface area contributed by atoms with E-state index in [9.17, 15) is 14.7 Å². The smallest absolute Gasteiger partial charge is 0.407 e. The number of fused-ring (bicyclic) bond motifs is 3. The van der Waals surface area contributed by atoms with Crippen molar-refractivity contribution < 1.29 is 14.7 Å². The molecule has 1 aliphatic carbocycles. The molecule has 4 aromatic rings. The van der Waals surface area contributed by atoms with Gasteiger partial charge in [0, 0.05) is 51.0 Å². The zero-order valence-corrected chi connectivity index (χ0v) is 20.7. The van der Waals surface area contributed by atoms with Gasteiger partial charge in [-0.1, -0.05) is 0 Å². The Labute approximate surface area is 213 Å². The number of carbonyl (C=O) groups is 2. The van der Waals surface area contributed by atoms with Gasteiger partial charge >= 0.3 is 6.09 Å². The summed E-state index contributed by atoms with van der Waals surface area (Å²) in [5, 5.41) is 10.6. The van der Waals surface area contributed by atoms with Crippen molar-refractivity contribution in [2.75, 3.05) is 19.6 Å². The molecule has 0 aromatic carbocycles. The predicted octanol–water partition coefficient (Wildman–Crippen LogP) is 3.61. The van der Waals surface area contributed by atoms with Crippen LogP contribution >= 0.6 is 0 Å². The Balaban J connectivity index is 1.22. The van der Waals surface area contributed by atoms with Gasteiger partial charge in [0.2, 0.25) is 0 Å². The van der Waals surface area contributed by atoms with Crippen LogP contribution in [0.3, 0.4) is 0 Å². The monoisotopic (exact) mass is 499 g/mol. The van der Waals surface area contributed by atoms with E-state index in [4.69, 9.17) is 4.98 Å². The zero-order valence-electron chi connectivity index (χ0n) is 20.7. The van der Waals surface area contributed by atoms with Gasteiger partial charge in [-0.15, -0.1) is 0 Å². The van der Waals surface area contributed by atoms with Crippen molar-refractivity contribution in [3.05, 3.63) is 42.2 Å². The van der Waals surface area contributed by atoms with Crippen LogP contribution in [0, 0.1) is 11.8 Å². The number of likely N-dealkylation sites (tertiary alicyclic amines) is 2. The first-order chi connectivity index (χ1) is 18.0. The fraction of sp³-hybridized carbons (Fsp3) is 0.444. The molecule has 0 bridgehead atoms. The Hall–Kier alpha value is -3.95. The van der Waals surface area contributed by atoms with E-state index >= 15 is 0 Å². The largest absolute Gasteiger partial charge is 0.465 e. The second kappa shape index (κ2) is 8.29. The molecule has 6 heterocycles. The van der Waals surface area contributed by atoms with Crippen LogP contribution in [0.4, 0.5) is 4.79 Å². The number of imidazole rings is 1. The number of hydrogen-bond donors (Lipinski definition) is 1. The molecule has 2 saturated heterocycles. The van der Waals surface area contributed by atoms with Gasteiger partial charge in [-0.25, -0.2) is 19.7 Å². The lowest BCUT2D eigenvalue weighted by Crippen LogP contribution is -2.51. The molecule has 10 nitrogen and oxygen atoms in total. The Morgan fingerprint density at radius 1 is 1.08 bits per heavy atom. The lowest BCUT2D eigenvalue weighted by atomic mass is 9.92. The molecule has 190 valence electrons. The third-order valence-electron chi connectivity index (χ3n) is 8.37. The van der Waals surface area contributed by atoms with Crippen LogP contribution < -0.4 is 0 Å². The number of carbonyl (C=O) groups excluding carboxylic acids is 1. The first kappa shape index (κ1) is 22.3. The summed E-state index contributed by atoms with van der Waals surface area (Å²) in [6.07, 6.45) is 6.72. The lowest BCUT2D eigenvalue weighted by Gasteiger charge is -2.37. The topological polar surface area (TPSA) is 109 Å². The summed E-state index contributed by atoms with van der Waals surface area (Å²) in [6, 6.07) is 7.85. The minimum Gasteiger partial charge on any atom is -0.465 e. The molecular formula is C27H29N7O3. The molecular weight excluding hydrogens is 470 g/mol. The summed E-state index contributed by atoms with van der Waals surface area (Å²) in [5.74, 6) is 1.68. The summed E-state index contributed by atoms with van der Waals surface area (Å²) in [4.78, 5) is 42.6. The number of piperidine rings is 1. The molecule has 10 heteroatoms. The number of carboxylic acid groups (broad SMARTS) is 1. The van der Waals surface area contributed by atoms with Crippen LogP contribution in [-0.2, 0) is 13.6 Å². The van der Waals surface area contributed by atoms with Crippen molar-refractivity contribution in [1.29, 1.82) is 0 Å². The van der Waals surface area contributed by atoms with Crippen LogP contribution in [0.25, 0.3) is 33.7 Å². The van der Waals surface area contributed by atoms with E-state index in [-0.39, 0.29) is 11.9 Å². The maximum atomic E-state index is 13.4. The third kappa shape index (κ3) is 3.65. The highest BCUT2D eigenvalue weighted by atomic mass is 16.4. The van der Waals surface area contributed by atoms with Gasteiger partial charge in [0.15, 0.2) is 11.5 Å². The number of aromatic nitrogens is 5. The number of nitrogens with zero attached hydrogens (tertiary/aromatic N) is 7. The first-order valence-electron chi connectivity index (χ1n) is 13.0. The van der Waals surface area contributed by atoms with Gasteiger partial charge in [-0.3, -0.25) is 4.79 Å². The molecule has 2 atom stereocenters. The minimum atomic E-state index is -0.903. The number of pyridine rings is 2. The molecule has 2 amide bonds. The highest BCUT2D eigenvalue weighted by Crippen LogP contribution is 2.36. The first-order valence-corrected chi connectivity index (χ1v) is 13.0. The van der Waals surface area contributed by atoms with E-state index < -0.39 is 6.09 Å². The van der Waals surface area contributed by atoms with Crippen molar-refractivity contribution in [1.82, 2.24) is 33.9 Å². The zero-order chi connectivity index (χ0) is 25.3. The Kier molecular flexibility index (Phi) is 4.99. The maximum Gasteiger partial charge on any atom is 0.407 e. The summed E-state index contributed by atoms with van der Waals surface area (Å²) in [5.41, 5.74) is 3.84. The van der Waals surface area contributed by atoms with E-state index in [2.05, 4.69) is 26.7 Å². The summed E-state index contributed by atoms with van der Waals surface area (Å²) in [6.45, 7) is 2.52. The quantitative estimate of drug-likeness (QED) is 0.459. The predicted molar refractivity (Wildman–Crippen MR) is 137 cm³/mol. The van der Waals surface area contributed by atoms with Crippen molar-refractivity contribution in [3.63, 3.8) is 0 Å². The van der Waals surface area contributed by atoms with Gasteiger partial charge in [0.25, 0.3) is 5.91 Å². The number of aryl methyl sites for hydroxylation is 1. The van der Waals surface area contributed by atoms with E-state index in [0.717, 1.165) is 41.9 Å². The molecule has 37 heavy (non-hydrogen) atoms. The molecule has 1 saturated carbocycles. The van der Waals surface area contributed by atoms with Gasteiger partial charge in [0.05, 0.1) is 17.3 Å². The minimum absolute atomic E-state index is 0.121. The van der Waals surface area contributed by atoms with Gasteiger partial charge in [-0.2, -0.15) is 0 Å². The molecule has 0 radical (unpaired) electrons. The Morgan fingerprint density at radius 2 is 1.92 bits per heavy atom. The summed E-state index contributed by atoms with van der Waals surface area (Å²) >= 11 is 0. The van der Waals surface area contributed by atoms with Crippen molar-refractivity contribution >= 4 is 34.2 Å². The Bertz CT molecular complexity index is 1550. The van der Waals surface area contributed by atoms with E-state index in [0.29, 0.717) is 48.2 Å². The molecule has 7 rings (SSSR count). The molecule has 4 aromatic heterocycles. The summed E-state index contributed by atoms with van der Waals surface area (Å²) in [7, 11) is 1.96. The van der Waals surface area contributed by atoms with E-state index in [1.54, 1.807) is 11.1 Å². The van der Waals surface area contributed by atoms with Crippen LogP contribution in [0.5, 0.6) is 0 Å². The molecule has 1 N–H and O–H groups in total. The molecule has 0 unspecified atom stereocenters. The average molecular weight is 500 g/mol. The molecule has 3 aliphatic rings. The van der Waals surface area contributed by atoms with Crippen LogP contribution in [-0.4, -0.2) is 76.7 Å². The fourth-order valence-corrected chi connectivity index (χ4v) is 6.18. The highest BCUT2D eigenvalue weighted by molar-refractivity contribution is 5.97. The van der Waals surface area contributed by atoms with Crippen LogP contribution in [0.15, 0.2) is 36.7 Å². The number of amides is 2. The Morgan fingerprint density at radius 3 is 2.73 bits per heavy atom. The fourth-order valence-electron chi connectivity index (χ4n) is 6.18. The van der Waals surface area contributed by atoms with Gasteiger partial charge in [-0.05, 0) is 61.8 Å². The van der Waals surface area contributed by atoms with E-state index in [1.807, 2.05) is 29.9 Å². The second-order valence-electron chi connectivity index (χ2n) is 10.7. The van der Waals surface area contributed by atoms with Gasteiger partial charge in [0.1, 0.15) is 11.2 Å². The van der Waals surface area contributed by atoms with Crippen LogP contribution in [0.1, 0.15) is 36.0 Å². The van der Waals surface area contributed by atoms with Crippen LogP contribution in [0.2, 0.25) is 0 Å². The number of rotatable bonds is 4.